The average Bonchev–Trinajstić information content (AvgIpc) is 2.71. The third kappa shape index (κ3) is 2.16. The third-order valence-electron chi connectivity index (χ3n) is 2.61. The molecule has 0 unspecified atom stereocenters. The number of nitrogens with two attached hydrogens (primary N) is 1. The quantitative estimate of drug-likeness (QED) is 0.743. The molecule has 0 saturated heterocycles. The normalized spacial score (nSPS) is 18.5. The van der Waals surface area contributed by atoms with Gasteiger partial charge in [0.25, 0.3) is 0 Å². The number of hydrogen-bond acceptors (Lipinski definition) is 5. The third-order valence-corrected chi connectivity index (χ3v) is 3.26. The van der Waals surface area contributed by atoms with Crippen LogP contribution in [0.5, 0.6) is 0 Å². The molecule has 0 atom stereocenters. The predicted molar refractivity (Wildman–Crippen MR) is 53.7 cm³/mol. The van der Waals surface area contributed by atoms with E-state index in [1.165, 1.54) is 12.8 Å². The molecule has 1 aromatic heterocycles. The predicted octanol–water partition coefficient (Wildman–Crippen LogP) is 1.08. The van der Waals surface area contributed by atoms with Crippen LogP contribution in [-0.2, 0) is 0 Å². The summed E-state index contributed by atoms with van der Waals surface area (Å²) in [5.74, 6) is 0. The van der Waals surface area contributed by atoms with Gasteiger partial charge in [0, 0.05) is 6.54 Å². The van der Waals surface area contributed by atoms with Crippen molar-refractivity contribution in [1.29, 1.82) is 0 Å². The van der Waals surface area contributed by atoms with Crippen LogP contribution in [0.4, 0.5) is 5.13 Å². The minimum Gasteiger partial charge on any atom is -0.360 e. The lowest BCUT2D eigenvalue weighted by molar-refractivity contribution is 0.501. The Morgan fingerprint density at radius 2 is 2.46 bits per heavy atom. The van der Waals surface area contributed by atoms with Crippen LogP contribution in [0.15, 0.2) is 5.51 Å². The smallest absolute Gasteiger partial charge is 0.205 e. The summed E-state index contributed by atoms with van der Waals surface area (Å²) < 4.78 is 0. The summed E-state index contributed by atoms with van der Waals surface area (Å²) in [6, 6.07) is 0. The molecule has 1 fully saturated rings. The number of nitrogens with one attached hydrogen (secondary N) is 1. The Morgan fingerprint density at radius 3 is 3.00 bits per heavy atom. The molecule has 0 radical (unpaired) electrons. The summed E-state index contributed by atoms with van der Waals surface area (Å²) in [7, 11) is 0. The topological polar surface area (TPSA) is 63.8 Å². The molecule has 1 aliphatic carbocycles. The molecule has 0 aromatic carbocycles. The maximum absolute atomic E-state index is 5.55. The van der Waals surface area contributed by atoms with Gasteiger partial charge in [-0.25, -0.2) is 0 Å². The van der Waals surface area contributed by atoms with Gasteiger partial charge >= 0.3 is 0 Å². The van der Waals surface area contributed by atoms with Gasteiger partial charge in [0.1, 0.15) is 5.51 Å². The van der Waals surface area contributed by atoms with Crippen molar-refractivity contribution in [2.45, 2.75) is 19.3 Å². The number of aromatic nitrogens is 2. The van der Waals surface area contributed by atoms with Crippen LogP contribution in [0.1, 0.15) is 19.3 Å². The minimum atomic E-state index is 0.473. The van der Waals surface area contributed by atoms with Crippen LogP contribution in [0.3, 0.4) is 0 Å². The summed E-state index contributed by atoms with van der Waals surface area (Å²) in [6.07, 6.45) is 3.73. The number of hydrogen-bond donors (Lipinski definition) is 2. The van der Waals surface area contributed by atoms with Crippen molar-refractivity contribution in [2.24, 2.45) is 11.1 Å². The van der Waals surface area contributed by atoms with E-state index in [0.717, 1.165) is 24.6 Å². The maximum atomic E-state index is 5.55. The average molecular weight is 198 g/mol. The van der Waals surface area contributed by atoms with E-state index in [9.17, 15) is 0 Å². The van der Waals surface area contributed by atoms with Gasteiger partial charge in [-0.2, -0.15) is 0 Å². The zero-order valence-electron chi connectivity index (χ0n) is 7.49. The van der Waals surface area contributed by atoms with E-state index in [0.29, 0.717) is 5.41 Å². The molecule has 3 N–H and O–H groups in total. The first-order valence-corrected chi connectivity index (χ1v) is 5.43. The molecule has 1 aromatic rings. The van der Waals surface area contributed by atoms with Crippen molar-refractivity contribution < 1.29 is 0 Å². The van der Waals surface area contributed by atoms with E-state index in [2.05, 4.69) is 15.5 Å². The van der Waals surface area contributed by atoms with Crippen LogP contribution >= 0.6 is 11.3 Å². The van der Waals surface area contributed by atoms with Gasteiger partial charge in [0.05, 0.1) is 0 Å². The molecular formula is C8H14N4S. The van der Waals surface area contributed by atoms with E-state index in [-0.39, 0.29) is 0 Å². The first-order chi connectivity index (χ1) is 6.35. The number of rotatable bonds is 5. The molecule has 2 rings (SSSR count). The van der Waals surface area contributed by atoms with Gasteiger partial charge in [-0.3, -0.25) is 0 Å². The number of nitrogens with zero attached hydrogens (tertiary/aromatic N) is 2. The lowest BCUT2D eigenvalue weighted by Gasteiger charge is -2.13. The number of anilines is 1. The highest BCUT2D eigenvalue weighted by molar-refractivity contribution is 7.13. The summed E-state index contributed by atoms with van der Waals surface area (Å²) in [4.78, 5) is 0. The maximum Gasteiger partial charge on any atom is 0.205 e. The Balaban J connectivity index is 1.79. The summed E-state index contributed by atoms with van der Waals surface area (Å²) in [5, 5.41) is 11.9. The Bertz CT molecular complexity index is 255. The van der Waals surface area contributed by atoms with Crippen molar-refractivity contribution in [2.75, 3.05) is 18.4 Å². The highest BCUT2D eigenvalue weighted by atomic mass is 32.1. The van der Waals surface area contributed by atoms with Crippen LogP contribution in [-0.4, -0.2) is 23.3 Å². The van der Waals surface area contributed by atoms with Crippen molar-refractivity contribution >= 4 is 16.5 Å². The first-order valence-electron chi connectivity index (χ1n) is 4.55. The van der Waals surface area contributed by atoms with E-state index in [4.69, 9.17) is 5.73 Å². The van der Waals surface area contributed by atoms with Gasteiger partial charge in [-0.05, 0) is 31.2 Å². The van der Waals surface area contributed by atoms with E-state index in [1.54, 1.807) is 16.8 Å². The monoisotopic (exact) mass is 198 g/mol. The highest BCUT2D eigenvalue weighted by Gasteiger charge is 2.41. The van der Waals surface area contributed by atoms with E-state index in [1.807, 2.05) is 0 Å². The standard InChI is InChI=1S/C8H14N4S/c9-4-3-8(1-2-8)5-10-7-12-11-6-13-7/h6H,1-5,9H2,(H,10,12). The molecule has 13 heavy (non-hydrogen) atoms. The second-order valence-electron chi connectivity index (χ2n) is 3.64. The lowest BCUT2D eigenvalue weighted by Crippen LogP contribution is -2.19. The SMILES string of the molecule is NCCC1(CNc2nncs2)CC1. The van der Waals surface area contributed by atoms with Gasteiger partial charge in [-0.1, -0.05) is 11.3 Å². The molecule has 0 aliphatic heterocycles. The Kier molecular flexibility index (Phi) is 2.46. The van der Waals surface area contributed by atoms with Gasteiger partial charge in [0.15, 0.2) is 0 Å². The minimum absolute atomic E-state index is 0.473. The molecule has 1 saturated carbocycles. The van der Waals surface area contributed by atoms with Crippen molar-refractivity contribution in [3.8, 4) is 0 Å². The van der Waals surface area contributed by atoms with Gasteiger partial charge in [0.2, 0.25) is 5.13 Å². The molecule has 0 bridgehead atoms. The van der Waals surface area contributed by atoms with E-state index >= 15 is 0 Å². The highest BCUT2D eigenvalue weighted by Crippen LogP contribution is 2.48. The zero-order valence-corrected chi connectivity index (χ0v) is 8.31. The zero-order chi connectivity index (χ0) is 9.15. The molecule has 5 heteroatoms. The molecule has 4 nitrogen and oxygen atoms in total. The fourth-order valence-corrected chi connectivity index (χ4v) is 1.96. The second kappa shape index (κ2) is 3.59. The van der Waals surface area contributed by atoms with Crippen LogP contribution in [0.25, 0.3) is 0 Å². The summed E-state index contributed by atoms with van der Waals surface area (Å²) in [6.45, 7) is 1.79. The lowest BCUT2D eigenvalue weighted by atomic mass is 10.0. The summed E-state index contributed by atoms with van der Waals surface area (Å²) in [5.41, 5.74) is 7.76. The summed E-state index contributed by atoms with van der Waals surface area (Å²) >= 11 is 1.54. The Hall–Kier alpha value is -0.680. The first kappa shape index (κ1) is 8.90. The largest absolute Gasteiger partial charge is 0.360 e. The molecule has 1 heterocycles. The fourth-order valence-electron chi connectivity index (χ4n) is 1.51. The van der Waals surface area contributed by atoms with Crippen molar-refractivity contribution in [3.63, 3.8) is 0 Å². The van der Waals surface area contributed by atoms with Crippen LogP contribution in [0, 0.1) is 5.41 Å². The Labute approximate surface area is 81.6 Å². The molecule has 1 aliphatic rings. The van der Waals surface area contributed by atoms with Gasteiger partial charge < -0.3 is 11.1 Å². The van der Waals surface area contributed by atoms with Gasteiger partial charge in [-0.15, -0.1) is 10.2 Å². The van der Waals surface area contributed by atoms with E-state index < -0.39 is 0 Å². The van der Waals surface area contributed by atoms with Crippen molar-refractivity contribution in [3.05, 3.63) is 5.51 Å². The Morgan fingerprint density at radius 1 is 1.62 bits per heavy atom. The molecule has 0 amide bonds. The van der Waals surface area contributed by atoms with Crippen LogP contribution < -0.4 is 11.1 Å². The van der Waals surface area contributed by atoms with Crippen LogP contribution in [0.2, 0.25) is 0 Å². The fraction of sp³-hybridized carbons (Fsp3) is 0.750. The van der Waals surface area contributed by atoms with Crippen molar-refractivity contribution in [1.82, 2.24) is 10.2 Å². The molecule has 72 valence electrons. The second-order valence-corrected chi connectivity index (χ2v) is 4.47. The molecule has 0 spiro atoms. The molecular weight excluding hydrogens is 184 g/mol.